The van der Waals surface area contributed by atoms with Gasteiger partial charge >= 0.3 is 0 Å². The highest BCUT2D eigenvalue weighted by Gasteiger charge is 2.41. The van der Waals surface area contributed by atoms with Crippen molar-refractivity contribution in [1.82, 2.24) is 4.90 Å². The Hall–Kier alpha value is -2.93. The van der Waals surface area contributed by atoms with Crippen LogP contribution >= 0.6 is 11.8 Å². The summed E-state index contributed by atoms with van der Waals surface area (Å²) in [4.78, 5) is 36.3. The lowest BCUT2D eigenvalue weighted by Crippen LogP contribution is -2.44. The Morgan fingerprint density at radius 3 is 2.58 bits per heavy atom. The maximum atomic E-state index is 12.7. The molecule has 160 valence electrons. The molecule has 0 saturated heterocycles. The third-order valence-corrected chi connectivity index (χ3v) is 6.23. The molecule has 1 N–H and O–H groups in total. The van der Waals surface area contributed by atoms with Crippen molar-refractivity contribution in [2.75, 3.05) is 11.1 Å². The highest BCUT2D eigenvalue weighted by Crippen LogP contribution is 2.35. The number of aliphatic imine (C=N–C) groups is 2. The van der Waals surface area contributed by atoms with Gasteiger partial charge in [-0.3, -0.25) is 14.5 Å². The van der Waals surface area contributed by atoms with Gasteiger partial charge in [0.25, 0.3) is 5.91 Å². The van der Waals surface area contributed by atoms with E-state index in [2.05, 4.69) is 31.1 Å². The van der Waals surface area contributed by atoms with Crippen molar-refractivity contribution >= 4 is 46.0 Å². The molecule has 2 aliphatic rings. The number of thioether (sulfide) groups is 1. The molecule has 4 rings (SSSR count). The summed E-state index contributed by atoms with van der Waals surface area (Å²) in [6.45, 7) is 6.27. The molecule has 0 saturated carbocycles. The van der Waals surface area contributed by atoms with E-state index < -0.39 is 0 Å². The first-order valence-corrected chi connectivity index (χ1v) is 11.6. The van der Waals surface area contributed by atoms with E-state index in [1.54, 1.807) is 0 Å². The van der Waals surface area contributed by atoms with Gasteiger partial charge < -0.3 is 5.32 Å². The number of nitrogens with one attached hydrogen (secondary N) is 1. The zero-order valence-electron chi connectivity index (χ0n) is 18.0. The molecule has 0 aliphatic carbocycles. The number of carbonyl (C=O) groups is 2. The summed E-state index contributed by atoms with van der Waals surface area (Å²) in [7, 11) is 0. The zero-order chi connectivity index (χ0) is 22.0. The smallest absolute Gasteiger partial charge is 0.270 e. The standard InChI is InChI=1S/C24H26N4O2S/c1-4-16-9-11-17(12-10-16)25-21(29)14-31-24-26-19-8-6-5-7-18(19)22-27-23(30)20(28(22)24)13-15(2)3/h5-12,15,20H,4,13-14H2,1-3H3,(H,25,29). The molecule has 2 heterocycles. The van der Waals surface area contributed by atoms with E-state index in [-0.39, 0.29) is 23.6 Å². The lowest BCUT2D eigenvalue weighted by Gasteiger charge is -2.31. The maximum absolute atomic E-state index is 12.7. The maximum Gasteiger partial charge on any atom is 0.270 e. The number of amides is 2. The Labute approximate surface area is 186 Å². The summed E-state index contributed by atoms with van der Waals surface area (Å²) >= 11 is 1.34. The van der Waals surface area contributed by atoms with Crippen molar-refractivity contribution < 1.29 is 9.59 Å². The van der Waals surface area contributed by atoms with Crippen LogP contribution in [0.5, 0.6) is 0 Å². The molecule has 0 aromatic heterocycles. The van der Waals surface area contributed by atoms with Gasteiger partial charge in [0.2, 0.25) is 5.91 Å². The molecular formula is C24H26N4O2S. The van der Waals surface area contributed by atoms with Crippen LogP contribution in [0.25, 0.3) is 0 Å². The number of rotatable bonds is 6. The molecule has 0 bridgehead atoms. The van der Waals surface area contributed by atoms with Crippen LogP contribution in [-0.2, 0) is 16.0 Å². The average Bonchev–Trinajstić information content (AvgIpc) is 3.08. The molecule has 0 spiro atoms. The number of hydrogen-bond acceptors (Lipinski definition) is 5. The van der Waals surface area contributed by atoms with Crippen molar-refractivity contribution in [3.63, 3.8) is 0 Å². The fourth-order valence-electron chi connectivity index (χ4n) is 3.73. The predicted molar refractivity (Wildman–Crippen MR) is 127 cm³/mol. The quantitative estimate of drug-likeness (QED) is 0.720. The molecule has 2 amide bonds. The Balaban J connectivity index is 1.53. The lowest BCUT2D eigenvalue weighted by atomic mass is 10.0. The summed E-state index contributed by atoms with van der Waals surface area (Å²) in [6.07, 6.45) is 1.64. The third-order valence-electron chi connectivity index (χ3n) is 5.28. The molecule has 7 heteroatoms. The van der Waals surface area contributed by atoms with Gasteiger partial charge in [0.05, 0.1) is 11.4 Å². The Kier molecular flexibility index (Phi) is 6.23. The average molecular weight is 435 g/mol. The molecular weight excluding hydrogens is 408 g/mol. The van der Waals surface area contributed by atoms with E-state index in [0.29, 0.717) is 23.3 Å². The molecule has 1 unspecified atom stereocenters. The summed E-state index contributed by atoms with van der Waals surface area (Å²) in [5.74, 6) is 0.915. The van der Waals surface area contributed by atoms with Crippen LogP contribution in [0.2, 0.25) is 0 Å². The molecule has 2 aliphatic heterocycles. The van der Waals surface area contributed by atoms with E-state index in [0.717, 1.165) is 23.4 Å². The van der Waals surface area contributed by atoms with Crippen molar-refractivity contribution in [2.45, 2.75) is 39.7 Å². The number of nitrogens with zero attached hydrogens (tertiary/aromatic N) is 3. The van der Waals surface area contributed by atoms with Crippen molar-refractivity contribution in [2.24, 2.45) is 15.9 Å². The highest BCUT2D eigenvalue weighted by molar-refractivity contribution is 8.14. The minimum absolute atomic E-state index is 0.111. The Morgan fingerprint density at radius 2 is 1.87 bits per heavy atom. The fourth-order valence-corrected chi connectivity index (χ4v) is 4.58. The molecule has 0 fully saturated rings. The molecule has 6 nitrogen and oxygen atoms in total. The second-order valence-electron chi connectivity index (χ2n) is 8.09. The first-order chi connectivity index (χ1) is 15.0. The number of amidine groups is 2. The van der Waals surface area contributed by atoms with Gasteiger partial charge in [-0.05, 0) is 48.6 Å². The summed E-state index contributed by atoms with van der Waals surface area (Å²) in [5.41, 5.74) is 3.62. The second-order valence-corrected chi connectivity index (χ2v) is 9.03. The summed E-state index contributed by atoms with van der Waals surface area (Å²) in [5, 5.41) is 3.58. The van der Waals surface area contributed by atoms with E-state index in [9.17, 15) is 9.59 Å². The molecule has 2 aromatic carbocycles. The van der Waals surface area contributed by atoms with E-state index in [1.807, 2.05) is 53.4 Å². The minimum atomic E-state index is -0.376. The Bertz CT molecular complexity index is 1060. The van der Waals surface area contributed by atoms with Crippen molar-refractivity contribution in [3.8, 4) is 0 Å². The van der Waals surface area contributed by atoms with Crippen LogP contribution in [0.15, 0.2) is 58.5 Å². The van der Waals surface area contributed by atoms with Crippen LogP contribution in [0.4, 0.5) is 11.4 Å². The van der Waals surface area contributed by atoms with Crippen LogP contribution in [0.3, 0.4) is 0 Å². The van der Waals surface area contributed by atoms with Crippen LogP contribution in [0.1, 0.15) is 38.3 Å². The van der Waals surface area contributed by atoms with Gasteiger partial charge in [0.15, 0.2) is 5.17 Å². The van der Waals surface area contributed by atoms with Gasteiger partial charge in [-0.25, -0.2) is 4.99 Å². The van der Waals surface area contributed by atoms with Gasteiger partial charge in [-0.1, -0.05) is 56.8 Å². The van der Waals surface area contributed by atoms with Crippen LogP contribution in [-0.4, -0.2) is 39.5 Å². The summed E-state index contributed by atoms with van der Waals surface area (Å²) < 4.78 is 0. The molecule has 0 radical (unpaired) electrons. The lowest BCUT2D eigenvalue weighted by molar-refractivity contribution is -0.120. The highest BCUT2D eigenvalue weighted by atomic mass is 32.2. The summed E-state index contributed by atoms with van der Waals surface area (Å²) in [6, 6.07) is 15.2. The van der Waals surface area contributed by atoms with E-state index in [1.165, 1.54) is 17.3 Å². The zero-order valence-corrected chi connectivity index (χ0v) is 18.8. The minimum Gasteiger partial charge on any atom is -0.325 e. The number of para-hydroxylation sites is 1. The predicted octanol–water partition coefficient (Wildman–Crippen LogP) is 4.63. The topological polar surface area (TPSA) is 74.1 Å². The monoisotopic (exact) mass is 434 g/mol. The van der Waals surface area contributed by atoms with Gasteiger partial charge in [-0.15, -0.1) is 0 Å². The van der Waals surface area contributed by atoms with Gasteiger partial charge in [0.1, 0.15) is 11.9 Å². The van der Waals surface area contributed by atoms with E-state index >= 15 is 0 Å². The van der Waals surface area contributed by atoms with Crippen molar-refractivity contribution in [3.05, 3.63) is 59.7 Å². The van der Waals surface area contributed by atoms with Crippen molar-refractivity contribution in [1.29, 1.82) is 0 Å². The van der Waals surface area contributed by atoms with Gasteiger partial charge in [0, 0.05) is 11.3 Å². The Morgan fingerprint density at radius 1 is 1.13 bits per heavy atom. The number of aryl methyl sites for hydroxylation is 1. The number of benzene rings is 2. The third kappa shape index (κ3) is 4.56. The normalized spacial score (nSPS) is 17.2. The van der Waals surface area contributed by atoms with Crippen LogP contribution in [0, 0.1) is 5.92 Å². The molecule has 1 atom stereocenters. The SMILES string of the molecule is CCc1ccc(NC(=O)CSC2=Nc3ccccc3C3=NC(=O)C(CC(C)C)N23)cc1. The first kappa shape index (κ1) is 21.3. The largest absolute Gasteiger partial charge is 0.325 e. The number of anilines is 1. The molecule has 31 heavy (non-hydrogen) atoms. The first-order valence-electron chi connectivity index (χ1n) is 10.6. The number of hydrogen-bond donors (Lipinski definition) is 1. The van der Waals surface area contributed by atoms with Gasteiger partial charge in [-0.2, -0.15) is 4.99 Å². The number of carbonyl (C=O) groups excluding carboxylic acids is 2. The molecule has 2 aromatic rings. The number of fused-ring (bicyclic) bond motifs is 3. The van der Waals surface area contributed by atoms with Crippen LogP contribution < -0.4 is 5.32 Å². The fraction of sp³-hybridized carbons (Fsp3) is 0.333. The van der Waals surface area contributed by atoms with E-state index in [4.69, 9.17) is 4.99 Å². The second kappa shape index (κ2) is 9.06.